The van der Waals surface area contributed by atoms with Crippen LogP contribution in [-0.4, -0.2) is 52.7 Å². The first-order chi connectivity index (χ1) is 11.9. The van der Waals surface area contributed by atoms with Crippen LogP contribution < -0.4 is 5.73 Å². The highest BCUT2D eigenvalue weighted by atomic mass is 32.2. The van der Waals surface area contributed by atoms with Crippen LogP contribution >= 0.6 is 23.1 Å². The fraction of sp³-hybridized carbons (Fsp3) is 0.400. The molecule has 0 saturated carbocycles. The van der Waals surface area contributed by atoms with Gasteiger partial charge in [-0.2, -0.15) is 0 Å². The van der Waals surface area contributed by atoms with Crippen molar-refractivity contribution >= 4 is 44.0 Å². The van der Waals surface area contributed by atoms with E-state index in [1.807, 2.05) is 30.3 Å². The molecule has 10 heteroatoms. The second-order valence-corrected chi connectivity index (χ2v) is 10.2. The van der Waals surface area contributed by atoms with E-state index in [9.17, 15) is 13.2 Å². The summed E-state index contributed by atoms with van der Waals surface area (Å²) in [6.07, 6.45) is 0.483. The van der Waals surface area contributed by atoms with Gasteiger partial charge in [0.2, 0.25) is 11.0 Å². The van der Waals surface area contributed by atoms with E-state index in [-0.39, 0.29) is 29.2 Å². The van der Waals surface area contributed by atoms with E-state index in [1.54, 1.807) is 4.90 Å². The average molecular weight is 399 g/mol. The monoisotopic (exact) mass is 398 g/mol. The van der Waals surface area contributed by atoms with E-state index in [4.69, 9.17) is 5.73 Å². The highest BCUT2D eigenvalue weighted by Crippen LogP contribution is 2.26. The number of rotatable bonds is 6. The van der Waals surface area contributed by atoms with Gasteiger partial charge in [-0.25, -0.2) is 8.42 Å². The Bertz CT molecular complexity index is 839. The van der Waals surface area contributed by atoms with Crippen LogP contribution in [0.4, 0.5) is 5.13 Å². The molecule has 1 aromatic heterocycles. The van der Waals surface area contributed by atoms with Crippen LogP contribution in [0.15, 0.2) is 34.7 Å². The molecule has 1 aromatic carbocycles. The number of carbonyl (C=O) groups is 1. The first-order valence-corrected chi connectivity index (χ1v) is 11.3. The number of hydrogen-bond acceptors (Lipinski definition) is 8. The quantitative estimate of drug-likeness (QED) is 0.734. The number of amides is 1. The molecule has 2 heterocycles. The maximum atomic E-state index is 12.8. The van der Waals surface area contributed by atoms with Crippen molar-refractivity contribution in [3.8, 4) is 0 Å². The van der Waals surface area contributed by atoms with Crippen molar-refractivity contribution in [3.05, 3.63) is 35.9 Å². The lowest BCUT2D eigenvalue weighted by Gasteiger charge is -2.28. The molecule has 1 aliphatic rings. The highest BCUT2D eigenvalue weighted by molar-refractivity contribution is 8.01. The van der Waals surface area contributed by atoms with E-state index in [2.05, 4.69) is 10.2 Å². The Kier molecular flexibility index (Phi) is 5.60. The maximum absolute atomic E-state index is 12.8. The van der Waals surface area contributed by atoms with Crippen LogP contribution in [0, 0.1) is 0 Å². The van der Waals surface area contributed by atoms with Gasteiger partial charge in [-0.3, -0.25) is 4.79 Å². The molecule has 7 nitrogen and oxygen atoms in total. The van der Waals surface area contributed by atoms with Crippen LogP contribution in [0.25, 0.3) is 0 Å². The zero-order valence-electron chi connectivity index (χ0n) is 13.4. The largest absolute Gasteiger partial charge is 0.374 e. The molecule has 3 rings (SSSR count). The molecule has 2 aromatic rings. The lowest BCUT2D eigenvalue weighted by molar-refractivity contribution is -0.130. The zero-order chi connectivity index (χ0) is 17.9. The van der Waals surface area contributed by atoms with Gasteiger partial charge >= 0.3 is 0 Å². The Balaban J connectivity index is 1.71. The fourth-order valence-corrected chi connectivity index (χ4v) is 5.96. The Labute approximate surface area is 154 Å². The van der Waals surface area contributed by atoms with Gasteiger partial charge in [-0.15, -0.1) is 10.2 Å². The number of nitrogens with two attached hydrogens (primary N) is 1. The summed E-state index contributed by atoms with van der Waals surface area (Å²) in [5.41, 5.74) is 6.52. The van der Waals surface area contributed by atoms with Crippen molar-refractivity contribution in [2.24, 2.45) is 0 Å². The smallest absolute Gasteiger partial charge is 0.233 e. The molecular formula is C15H18N4O3S3. The number of thioether (sulfide) groups is 1. The SMILES string of the molecule is Nc1nnc(SCC(=O)N(Cc2ccccc2)[C@@H]2CCS(=O)(=O)C2)s1. The molecule has 1 aliphatic heterocycles. The van der Waals surface area contributed by atoms with Gasteiger partial charge in [-0.05, 0) is 12.0 Å². The number of carbonyl (C=O) groups excluding carboxylic acids is 1. The van der Waals surface area contributed by atoms with Crippen LogP contribution in [-0.2, 0) is 21.2 Å². The molecular weight excluding hydrogens is 380 g/mol. The van der Waals surface area contributed by atoms with E-state index >= 15 is 0 Å². The molecule has 1 amide bonds. The second-order valence-electron chi connectivity index (χ2n) is 5.76. The first kappa shape index (κ1) is 18.2. The zero-order valence-corrected chi connectivity index (χ0v) is 15.8. The van der Waals surface area contributed by atoms with Crippen molar-refractivity contribution in [2.45, 2.75) is 23.3 Å². The Hall–Kier alpha value is -1.65. The summed E-state index contributed by atoms with van der Waals surface area (Å²) in [7, 11) is -3.07. The van der Waals surface area contributed by atoms with Crippen molar-refractivity contribution < 1.29 is 13.2 Å². The number of benzene rings is 1. The first-order valence-electron chi connectivity index (χ1n) is 7.68. The summed E-state index contributed by atoms with van der Waals surface area (Å²) in [5, 5.41) is 7.98. The highest BCUT2D eigenvalue weighted by Gasteiger charge is 2.34. The summed E-state index contributed by atoms with van der Waals surface area (Å²) < 4.78 is 24.3. The van der Waals surface area contributed by atoms with Gasteiger partial charge in [0, 0.05) is 12.6 Å². The van der Waals surface area contributed by atoms with E-state index in [0.29, 0.717) is 22.4 Å². The molecule has 0 spiro atoms. The van der Waals surface area contributed by atoms with Crippen LogP contribution in [0.2, 0.25) is 0 Å². The van der Waals surface area contributed by atoms with Crippen molar-refractivity contribution in [1.82, 2.24) is 15.1 Å². The van der Waals surface area contributed by atoms with E-state index < -0.39 is 9.84 Å². The number of nitrogens with zero attached hydrogens (tertiary/aromatic N) is 3. The van der Waals surface area contributed by atoms with Crippen LogP contribution in [0.3, 0.4) is 0 Å². The predicted molar refractivity (Wildman–Crippen MR) is 99.1 cm³/mol. The molecule has 1 saturated heterocycles. The molecule has 0 unspecified atom stereocenters. The third kappa shape index (κ3) is 4.93. The van der Waals surface area contributed by atoms with Crippen molar-refractivity contribution in [2.75, 3.05) is 23.0 Å². The molecule has 25 heavy (non-hydrogen) atoms. The number of nitrogen functional groups attached to an aromatic ring is 1. The number of anilines is 1. The predicted octanol–water partition coefficient (Wildman–Crippen LogP) is 1.43. The van der Waals surface area contributed by atoms with Crippen LogP contribution in [0.1, 0.15) is 12.0 Å². The number of sulfone groups is 1. The van der Waals surface area contributed by atoms with E-state index in [0.717, 1.165) is 5.56 Å². The summed E-state index contributed by atoms with van der Waals surface area (Å²) in [6, 6.07) is 9.30. The average Bonchev–Trinajstić information content (AvgIpc) is 3.16. The molecule has 2 N–H and O–H groups in total. The van der Waals surface area contributed by atoms with Gasteiger partial charge < -0.3 is 10.6 Å². The molecule has 0 aliphatic carbocycles. The molecule has 0 radical (unpaired) electrons. The third-order valence-corrected chi connectivity index (χ3v) is 7.53. The molecule has 1 atom stereocenters. The normalized spacial score (nSPS) is 19.0. The summed E-state index contributed by atoms with van der Waals surface area (Å²) >= 11 is 2.50. The number of aromatic nitrogens is 2. The molecule has 134 valence electrons. The summed E-state index contributed by atoms with van der Waals surface area (Å²) in [4.78, 5) is 14.4. The third-order valence-electron chi connectivity index (χ3n) is 3.91. The number of hydrogen-bond donors (Lipinski definition) is 1. The van der Waals surface area contributed by atoms with Gasteiger partial charge in [-0.1, -0.05) is 53.4 Å². The second kappa shape index (κ2) is 7.71. The lowest BCUT2D eigenvalue weighted by Crippen LogP contribution is -2.41. The minimum atomic E-state index is -3.07. The minimum absolute atomic E-state index is 0.0298. The lowest BCUT2D eigenvalue weighted by atomic mass is 10.1. The van der Waals surface area contributed by atoms with Crippen molar-refractivity contribution in [1.29, 1.82) is 0 Å². The van der Waals surface area contributed by atoms with Crippen molar-refractivity contribution in [3.63, 3.8) is 0 Å². The Morgan fingerprint density at radius 1 is 1.32 bits per heavy atom. The van der Waals surface area contributed by atoms with Gasteiger partial charge in [0.1, 0.15) is 0 Å². The van der Waals surface area contributed by atoms with Gasteiger partial charge in [0.05, 0.1) is 17.3 Å². The Morgan fingerprint density at radius 3 is 2.68 bits per heavy atom. The summed E-state index contributed by atoms with van der Waals surface area (Å²) in [5.74, 6) is 0.237. The van der Waals surface area contributed by atoms with Gasteiger partial charge in [0.25, 0.3) is 0 Å². The standard InChI is InChI=1S/C15H18N4O3S3/c16-14-17-18-15(24-14)23-9-13(20)19(8-11-4-2-1-3-5-11)12-6-7-25(21,22)10-12/h1-5,12H,6-10H2,(H2,16,17)/t12-/m1/s1. The minimum Gasteiger partial charge on any atom is -0.374 e. The topological polar surface area (TPSA) is 106 Å². The van der Waals surface area contributed by atoms with Crippen LogP contribution in [0.5, 0.6) is 0 Å². The Morgan fingerprint density at radius 2 is 2.08 bits per heavy atom. The van der Waals surface area contributed by atoms with Gasteiger partial charge in [0.15, 0.2) is 14.2 Å². The molecule has 0 bridgehead atoms. The summed E-state index contributed by atoms with van der Waals surface area (Å²) in [6.45, 7) is 0.401. The molecule has 1 fully saturated rings. The maximum Gasteiger partial charge on any atom is 0.233 e. The van der Waals surface area contributed by atoms with E-state index in [1.165, 1.54) is 23.1 Å². The fourth-order valence-electron chi connectivity index (χ4n) is 2.71.